The maximum Gasteiger partial charge on any atom is 0.261 e. The smallest absolute Gasteiger partial charge is 0.261 e. The lowest BCUT2D eigenvalue weighted by Crippen LogP contribution is -2.13. The number of carbonyl (C=O) groups excluding carboxylic acids is 1. The van der Waals surface area contributed by atoms with Gasteiger partial charge in [-0.3, -0.25) is 10.1 Å². The number of carbonyl (C=O) groups is 1. The second-order valence-corrected chi connectivity index (χ2v) is 7.77. The summed E-state index contributed by atoms with van der Waals surface area (Å²) in [4.78, 5) is 21.8. The summed E-state index contributed by atoms with van der Waals surface area (Å²) in [6, 6.07) is 9.05. The van der Waals surface area contributed by atoms with Gasteiger partial charge in [0, 0.05) is 0 Å². The maximum absolute atomic E-state index is 12.7. The van der Waals surface area contributed by atoms with E-state index in [2.05, 4.69) is 15.3 Å². The molecule has 132 valence electrons. The molecular formula is C18H15N3O3S2. The van der Waals surface area contributed by atoms with Crippen LogP contribution in [0.5, 0.6) is 11.5 Å². The van der Waals surface area contributed by atoms with Gasteiger partial charge in [0.25, 0.3) is 5.91 Å². The highest BCUT2D eigenvalue weighted by Gasteiger charge is 2.17. The fourth-order valence-corrected chi connectivity index (χ4v) is 4.55. The van der Waals surface area contributed by atoms with Crippen LogP contribution in [0.25, 0.3) is 20.4 Å². The number of ether oxygens (including phenoxy) is 2. The highest BCUT2D eigenvalue weighted by molar-refractivity contribution is 7.24. The number of rotatable bonds is 4. The third-order valence-corrected chi connectivity index (χ3v) is 5.82. The van der Waals surface area contributed by atoms with Crippen LogP contribution in [0, 0.1) is 6.92 Å². The van der Waals surface area contributed by atoms with Crippen molar-refractivity contribution in [2.75, 3.05) is 19.5 Å². The summed E-state index contributed by atoms with van der Waals surface area (Å²) in [5.41, 5.74) is 2.14. The average Bonchev–Trinajstić information content (AvgIpc) is 3.22. The van der Waals surface area contributed by atoms with Crippen molar-refractivity contribution in [1.29, 1.82) is 0 Å². The molecule has 0 fully saturated rings. The maximum atomic E-state index is 12.7. The first-order valence-corrected chi connectivity index (χ1v) is 9.42. The molecule has 4 rings (SSSR count). The van der Waals surface area contributed by atoms with Crippen LogP contribution in [0.15, 0.2) is 30.3 Å². The molecule has 0 atom stereocenters. The number of methoxy groups -OCH3 is 2. The molecule has 0 radical (unpaired) electrons. The molecule has 26 heavy (non-hydrogen) atoms. The Morgan fingerprint density at radius 1 is 1.08 bits per heavy atom. The number of nitrogens with zero attached hydrogens (tertiary/aromatic N) is 2. The zero-order valence-corrected chi connectivity index (χ0v) is 16.0. The quantitative estimate of drug-likeness (QED) is 0.560. The van der Waals surface area contributed by atoms with Gasteiger partial charge in [-0.05, 0) is 37.3 Å². The molecular weight excluding hydrogens is 370 g/mol. The highest BCUT2D eigenvalue weighted by Crippen LogP contribution is 2.35. The minimum Gasteiger partial charge on any atom is -0.497 e. The van der Waals surface area contributed by atoms with E-state index in [4.69, 9.17) is 9.47 Å². The van der Waals surface area contributed by atoms with Crippen LogP contribution in [0.1, 0.15) is 15.4 Å². The van der Waals surface area contributed by atoms with Gasteiger partial charge in [-0.1, -0.05) is 11.3 Å². The zero-order valence-electron chi connectivity index (χ0n) is 14.3. The summed E-state index contributed by atoms with van der Waals surface area (Å²) >= 11 is 3.06. The Balaban J connectivity index is 1.71. The van der Waals surface area contributed by atoms with Crippen molar-refractivity contribution in [2.24, 2.45) is 0 Å². The van der Waals surface area contributed by atoms with Gasteiger partial charge in [0.05, 0.1) is 39.7 Å². The topological polar surface area (TPSA) is 73.3 Å². The van der Waals surface area contributed by atoms with Gasteiger partial charge in [0.15, 0.2) is 5.13 Å². The molecule has 0 aliphatic carbocycles. The Hall–Kier alpha value is -2.71. The molecule has 1 N–H and O–H groups in total. The summed E-state index contributed by atoms with van der Waals surface area (Å²) in [5.74, 6) is 0.757. The van der Waals surface area contributed by atoms with E-state index in [1.165, 1.54) is 18.4 Å². The Kier molecular flexibility index (Phi) is 4.21. The van der Waals surface area contributed by atoms with Crippen LogP contribution in [0.3, 0.4) is 0 Å². The first kappa shape index (κ1) is 16.7. The van der Waals surface area contributed by atoms with Crippen LogP contribution < -0.4 is 14.8 Å². The molecule has 1 amide bonds. The van der Waals surface area contributed by atoms with Gasteiger partial charge in [-0.25, -0.2) is 9.97 Å². The number of aryl methyl sites for hydroxylation is 1. The standard InChI is InChI=1S/C18H15N3O3S2/c1-9-19-15-14(25-9)7-5-12-16(15)26-18(20-12)21-17(22)11-8-10(23-2)4-6-13(11)24-3/h4-8H,1-3H3,(H,20,21,22). The molecule has 2 aromatic carbocycles. The van der Waals surface area contributed by atoms with Crippen LogP contribution >= 0.6 is 22.7 Å². The summed E-state index contributed by atoms with van der Waals surface area (Å²) in [5, 5.41) is 4.38. The lowest BCUT2D eigenvalue weighted by Gasteiger charge is -2.09. The van der Waals surface area contributed by atoms with E-state index < -0.39 is 0 Å². The zero-order chi connectivity index (χ0) is 18.3. The SMILES string of the molecule is COc1ccc(OC)c(C(=O)Nc2nc3ccc4sc(C)nc4c3s2)c1. The molecule has 0 spiro atoms. The summed E-state index contributed by atoms with van der Waals surface area (Å²) < 4.78 is 12.6. The van der Waals surface area contributed by atoms with Crippen molar-refractivity contribution in [3.63, 3.8) is 0 Å². The number of thiazole rings is 2. The van der Waals surface area contributed by atoms with Gasteiger partial charge in [0.1, 0.15) is 17.0 Å². The van der Waals surface area contributed by atoms with E-state index in [9.17, 15) is 4.79 Å². The number of benzene rings is 2. The molecule has 0 saturated heterocycles. The van der Waals surface area contributed by atoms with Crippen LogP contribution in [-0.4, -0.2) is 30.1 Å². The van der Waals surface area contributed by atoms with Gasteiger partial charge in [-0.2, -0.15) is 0 Å². The number of hydrogen-bond donors (Lipinski definition) is 1. The van der Waals surface area contributed by atoms with E-state index >= 15 is 0 Å². The Morgan fingerprint density at radius 2 is 1.92 bits per heavy atom. The van der Waals surface area contributed by atoms with E-state index in [1.807, 2.05) is 19.1 Å². The molecule has 0 unspecified atom stereocenters. The van der Waals surface area contributed by atoms with E-state index in [0.29, 0.717) is 22.2 Å². The van der Waals surface area contributed by atoms with Crippen molar-refractivity contribution in [3.8, 4) is 11.5 Å². The Labute approximate surface area is 157 Å². The fraction of sp³-hybridized carbons (Fsp3) is 0.167. The third kappa shape index (κ3) is 2.87. The fourth-order valence-electron chi connectivity index (χ4n) is 2.70. The second-order valence-electron chi connectivity index (χ2n) is 5.53. The van der Waals surface area contributed by atoms with E-state index in [1.54, 1.807) is 36.6 Å². The van der Waals surface area contributed by atoms with Gasteiger partial charge < -0.3 is 9.47 Å². The minimum atomic E-state index is -0.300. The summed E-state index contributed by atoms with van der Waals surface area (Å²) in [6.45, 7) is 1.98. The summed E-state index contributed by atoms with van der Waals surface area (Å²) in [6.07, 6.45) is 0. The third-order valence-electron chi connectivity index (χ3n) is 3.89. The first-order chi connectivity index (χ1) is 12.6. The van der Waals surface area contributed by atoms with Gasteiger partial charge >= 0.3 is 0 Å². The monoisotopic (exact) mass is 385 g/mol. The molecule has 0 bridgehead atoms. The molecule has 6 nitrogen and oxygen atoms in total. The molecule has 4 aromatic rings. The number of fused-ring (bicyclic) bond motifs is 3. The average molecular weight is 385 g/mol. The normalized spacial score (nSPS) is 11.0. The molecule has 8 heteroatoms. The Bertz CT molecular complexity index is 1130. The van der Waals surface area contributed by atoms with Crippen molar-refractivity contribution in [3.05, 3.63) is 40.9 Å². The van der Waals surface area contributed by atoms with Crippen molar-refractivity contribution < 1.29 is 14.3 Å². The van der Waals surface area contributed by atoms with Crippen molar-refractivity contribution in [1.82, 2.24) is 9.97 Å². The second kappa shape index (κ2) is 6.54. The van der Waals surface area contributed by atoms with Gasteiger partial charge in [0.2, 0.25) is 0 Å². The van der Waals surface area contributed by atoms with Crippen molar-refractivity contribution >= 4 is 54.1 Å². The predicted molar refractivity (Wildman–Crippen MR) is 105 cm³/mol. The van der Waals surface area contributed by atoms with Crippen LogP contribution in [0.4, 0.5) is 5.13 Å². The van der Waals surface area contributed by atoms with Crippen LogP contribution in [-0.2, 0) is 0 Å². The molecule has 0 saturated carbocycles. The Morgan fingerprint density at radius 3 is 2.69 bits per heavy atom. The van der Waals surface area contributed by atoms with Gasteiger partial charge in [-0.15, -0.1) is 11.3 Å². The van der Waals surface area contributed by atoms with E-state index in [0.717, 1.165) is 25.4 Å². The number of amides is 1. The molecule has 0 aliphatic heterocycles. The molecule has 2 aromatic heterocycles. The lowest BCUT2D eigenvalue weighted by molar-refractivity contribution is 0.102. The van der Waals surface area contributed by atoms with E-state index in [-0.39, 0.29) is 5.91 Å². The number of anilines is 1. The molecule has 0 aliphatic rings. The largest absolute Gasteiger partial charge is 0.497 e. The number of aromatic nitrogens is 2. The number of hydrogen-bond acceptors (Lipinski definition) is 7. The minimum absolute atomic E-state index is 0.300. The number of nitrogens with one attached hydrogen (secondary N) is 1. The molecule has 2 heterocycles. The van der Waals surface area contributed by atoms with Crippen molar-refractivity contribution in [2.45, 2.75) is 6.92 Å². The highest BCUT2D eigenvalue weighted by atomic mass is 32.1. The van der Waals surface area contributed by atoms with Crippen LogP contribution in [0.2, 0.25) is 0 Å². The summed E-state index contributed by atoms with van der Waals surface area (Å²) in [7, 11) is 3.08. The lowest BCUT2D eigenvalue weighted by atomic mass is 10.2. The first-order valence-electron chi connectivity index (χ1n) is 7.79. The predicted octanol–water partition coefficient (Wildman–Crippen LogP) is 4.48.